The first kappa shape index (κ1) is 14.6. The lowest BCUT2D eigenvalue weighted by molar-refractivity contribution is 0.223. The Balaban J connectivity index is 3.84. The van der Waals surface area contributed by atoms with Gasteiger partial charge >= 0.3 is 0 Å². The summed E-state index contributed by atoms with van der Waals surface area (Å²) in [6, 6.07) is 0. The average Bonchev–Trinajstić information content (AvgIpc) is 2.00. The number of hydrogen-bond acceptors (Lipinski definition) is 2. The highest BCUT2D eigenvalue weighted by Gasteiger charge is 2.08. The van der Waals surface area contributed by atoms with E-state index in [0.29, 0.717) is 16.9 Å². The SMILES string of the molecule is CC(C)CN(CCNC(N)=S)CC(C)C. The van der Waals surface area contributed by atoms with Crippen LogP contribution in [0.1, 0.15) is 27.7 Å². The second-order valence-electron chi connectivity index (χ2n) is 4.84. The molecule has 0 bridgehead atoms. The summed E-state index contributed by atoms with van der Waals surface area (Å²) in [6.45, 7) is 13.1. The quantitative estimate of drug-likeness (QED) is 0.651. The van der Waals surface area contributed by atoms with Crippen molar-refractivity contribution in [3.63, 3.8) is 0 Å². The Labute approximate surface area is 99.4 Å². The van der Waals surface area contributed by atoms with Gasteiger partial charge in [0.05, 0.1) is 0 Å². The highest BCUT2D eigenvalue weighted by atomic mass is 32.1. The molecule has 4 heteroatoms. The lowest BCUT2D eigenvalue weighted by atomic mass is 10.1. The van der Waals surface area contributed by atoms with Gasteiger partial charge < -0.3 is 16.0 Å². The van der Waals surface area contributed by atoms with Gasteiger partial charge in [0.15, 0.2) is 5.11 Å². The third kappa shape index (κ3) is 9.94. The van der Waals surface area contributed by atoms with Gasteiger partial charge in [-0.2, -0.15) is 0 Å². The molecule has 0 aliphatic heterocycles. The van der Waals surface area contributed by atoms with Crippen LogP contribution in [0.3, 0.4) is 0 Å². The minimum Gasteiger partial charge on any atom is -0.376 e. The van der Waals surface area contributed by atoms with Crippen molar-refractivity contribution in [1.82, 2.24) is 10.2 Å². The van der Waals surface area contributed by atoms with Gasteiger partial charge in [-0.3, -0.25) is 0 Å². The second kappa shape index (κ2) is 7.88. The lowest BCUT2D eigenvalue weighted by Crippen LogP contribution is -2.40. The molecule has 0 aromatic carbocycles. The topological polar surface area (TPSA) is 41.3 Å². The third-order valence-electron chi connectivity index (χ3n) is 1.97. The van der Waals surface area contributed by atoms with E-state index in [1.54, 1.807) is 0 Å². The van der Waals surface area contributed by atoms with Gasteiger partial charge in [0.2, 0.25) is 0 Å². The molecule has 0 amide bonds. The maximum absolute atomic E-state index is 5.38. The number of nitrogens with two attached hydrogens (primary N) is 1. The van der Waals surface area contributed by atoms with Crippen LogP contribution in [-0.2, 0) is 0 Å². The van der Waals surface area contributed by atoms with Crippen LogP contribution < -0.4 is 11.1 Å². The van der Waals surface area contributed by atoms with Crippen LogP contribution >= 0.6 is 12.2 Å². The zero-order chi connectivity index (χ0) is 11.8. The van der Waals surface area contributed by atoms with Crippen LogP contribution in [0.2, 0.25) is 0 Å². The lowest BCUT2D eigenvalue weighted by Gasteiger charge is -2.26. The predicted octanol–water partition coefficient (Wildman–Crippen LogP) is 1.43. The monoisotopic (exact) mass is 231 g/mol. The van der Waals surface area contributed by atoms with Crippen LogP contribution in [0.25, 0.3) is 0 Å². The predicted molar refractivity (Wildman–Crippen MR) is 70.9 cm³/mol. The number of thiocarbonyl (C=S) groups is 1. The Morgan fingerprint density at radius 3 is 2.00 bits per heavy atom. The van der Waals surface area contributed by atoms with E-state index in [1.807, 2.05) is 0 Å². The van der Waals surface area contributed by atoms with Gasteiger partial charge in [-0.15, -0.1) is 0 Å². The van der Waals surface area contributed by atoms with E-state index >= 15 is 0 Å². The number of hydrogen-bond donors (Lipinski definition) is 2. The third-order valence-corrected chi connectivity index (χ3v) is 2.12. The van der Waals surface area contributed by atoms with Gasteiger partial charge in [-0.1, -0.05) is 27.7 Å². The van der Waals surface area contributed by atoms with Crippen molar-refractivity contribution in [3.05, 3.63) is 0 Å². The summed E-state index contributed by atoms with van der Waals surface area (Å²) >= 11 is 4.77. The molecular formula is C11H25N3S. The zero-order valence-electron chi connectivity index (χ0n) is 10.4. The molecule has 3 nitrogen and oxygen atoms in total. The largest absolute Gasteiger partial charge is 0.376 e. The van der Waals surface area contributed by atoms with E-state index in [2.05, 4.69) is 37.9 Å². The van der Waals surface area contributed by atoms with E-state index in [1.165, 1.54) is 0 Å². The van der Waals surface area contributed by atoms with E-state index in [9.17, 15) is 0 Å². The van der Waals surface area contributed by atoms with Crippen molar-refractivity contribution in [1.29, 1.82) is 0 Å². The number of rotatable bonds is 7. The fourth-order valence-corrected chi connectivity index (χ4v) is 1.73. The van der Waals surface area contributed by atoms with Crippen LogP contribution in [0.15, 0.2) is 0 Å². The van der Waals surface area contributed by atoms with E-state index in [0.717, 1.165) is 26.2 Å². The molecule has 0 aromatic heterocycles. The molecule has 0 atom stereocenters. The summed E-state index contributed by atoms with van der Waals surface area (Å²) in [5, 5.41) is 3.38. The van der Waals surface area contributed by atoms with Crippen molar-refractivity contribution >= 4 is 17.3 Å². The van der Waals surface area contributed by atoms with Gasteiger partial charge in [-0.25, -0.2) is 0 Å². The fraction of sp³-hybridized carbons (Fsp3) is 0.909. The number of nitrogens with one attached hydrogen (secondary N) is 1. The van der Waals surface area contributed by atoms with Gasteiger partial charge in [-0.05, 0) is 24.1 Å². The molecule has 0 spiro atoms. The van der Waals surface area contributed by atoms with Gasteiger partial charge in [0.1, 0.15) is 0 Å². The molecule has 0 fully saturated rings. The Bertz CT molecular complexity index is 171. The van der Waals surface area contributed by atoms with Crippen molar-refractivity contribution < 1.29 is 0 Å². The van der Waals surface area contributed by atoms with Crippen LogP contribution in [0, 0.1) is 11.8 Å². The summed E-state index contributed by atoms with van der Waals surface area (Å²) in [7, 11) is 0. The summed E-state index contributed by atoms with van der Waals surface area (Å²) in [4.78, 5) is 2.46. The molecule has 0 radical (unpaired) electrons. The van der Waals surface area contributed by atoms with E-state index in [-0.39, 0.29) is 0 Å². The van der Waals surface area contributed by atoms with Crippen LogP contribution in [0.5, 0.6) is 0 Å². The first-order chi connectivity index (χ1) is 6.91. The Kier molecular flexibility index (Phi) is 7.70. The Hall–Kier alpha value is -0.350. The summed E-state index contributed by atoms with van der Waals surface area (Å²) in [6.07, 6.45) is 0. The fourth-order valence-electron chi connectivity index (χ4n) is 1.63. The molecular weight excluding hydrogens is 206 g/mol. The molecule has 3 N–H and O–H groups in total. The van der Waals surface area contributed by atoms with Crippen LogP contribution in [-0.4, -0.2) is 36.2 Å². The molecule has 0 unspecified atom stereocenters. The van der Waals surface area contributed by atoms with E-state index < -0.39 is 0 Å². The average molecular weight is 231 g/mol. The Morgan fingerprint density at radius 2 is 1.67 bits per heavy atom. The first-order valence-corrected chi connectivity index (χ1v) is 6.08. The van der Waals surface area contributed by atoms with Crippen molar-refractivity contribution in [2.24, 2.45) is 17.6 Å². The highest BCUT2D eigenvalue weighted by molar-refractivity contribution is 7.80. The zero-order valence-corrected chi connectivity index (χ0v) is 11.2. The number of nitrogens with zero attached hydrogens (tertiary/aromatic N) is 1. The molecule has 0 heterocycles. The summed E-state index contributed by atoms with van der Waals surface area (Å²) in [5.41, 5.74) is 5.38. The normalized spacial score (nSPS) is 11.4. The van der Waals surface area contributed by atoms with Crippen molar-refractivity contribution in [3.8, 4) is 0 Å². The molecule has 0 rings (SSSR count). The summed E-state index contributed by atoms with van der Waals surface area (Å²) < 4.78 is 0. The highest BCUT2D eigenvalue weighted by Crippen LogP contribution is 2.02. The maximum atomic E-state index is 5.38. The molecule has 15 heavy (non-hydrogen) atoms. The minimum absolute atomic E-state index is 0.393. The molecule has 90 valence electrons. The molecule has 0 aliphatic carbocycles. The molecule has 0 saturated carbocycles. The molecule has 0 aromatic rings. The molecule has 0 saturated heterocycles. The van der Waals surface area contributed by atoms with Gasteiger partial charge in [0.25, 0.3) is 0 Å². The minimum atomic E-state index is 0.393. The van der Waals surface area contributed by atoms with Gasteiger partial charge in [0, 0.05) is 26.2 Å². The van der Waals surface area contributed by atoms with Crippen molar-refractivity contribution in [2.75, 3.05) is 26.2 Å². The first-order valence-electron chi connectivity index (χ1n) is 5.67. The summed E-state index contributed by atoms with van der Waals surface area (Å²) in [5.74, 6) is 1.40. The standard InChI is InChI=1S/C11H25N3S/c1-9(2)7-14(8-10(3)4)6-5-13-11(12)15/h9-10H,5-8H2,1-4H3,(H3,12,13,15). The second-order valence-corrected chi connectivity index (χ2v) is 5.28. The maximum Gasteiger partial charge on any atom is 0.163 e. The molecule has 0 aliphatic rings. The van der Waals surface area contributed by atoms with E-state index in [4.69, 9.17) is 18.0 Å². The smallest absolute Gasteiger partial charge is 0.163 e. The Morgan fingerprint density at radius 1 is 1.20 bits per heavy atom. The van der Waals surface area contributed by atoms with Crippen molar-refractivity contribution in [2.45, 2.75) is 27.7 Å². The van der Waals surface area contributed by atoms with Crippen LogP contribution in [0.4, 0.5) is 0 Å².